The molecule has 1 saturated carbocycles. The van der Waals surface area contributed by atoms with E-state index in [1.807, 2.05) is 0 Å². The van der Waals surface area contributed by atoms with Gasteiger partial charge in [-0.15, -0.1) is 6.58 Å². The summed E-state index contributed by atoms with van der Waals surface area (Å²) in [6, 6.07) is 0. The first-order chi connectivity index (χ1) is 4.25. The van der Waals surface area contributed by atoms with E-state index in [0.29, 0.717) is 5.92 Å². The van der Waals surface area contributed by atoms with Crippen LogP contribution in [0.4, 0.5) is 0 Å². The average molecular weight is 168 g/mol. The molecule has 1 aliphatic rings. The summed E-state index contributed by atoms with van der Waals surface area (Å²) >= 11 is -1.84. The van der Waals surface area contributed by atoms with E-state index in [-0.39, 0.29) is 34.8 Å². The summed E-state index contributed by atoms with van der Waals surface area (Å²) in [5.74, 6) is 0.376. The molecule has 0 aliphatic heterocycles. The smallest absolute Gasteiger partial charge is 0.772 e. The average Bonchev–Trinajstić information content (AvgIpc) is 2.47. The van der Waals surface area contributed by atoms with Gasteiger partial charge in [-0.05, 0) is 18.8 Å². The summed E-state index contributed by atoms with van der Waals surface area (Å²) in [4.78, 5) is 0. The van der Waals surface area contributed by atoms with Crippen molar-refractivity contribution in [2.75, 3.05) is 0 Å². The molecule has 0 saturated heterocycles. The summed E-state index contributed by atoms with van der Waals surface area (Å²) in [7, 11) is 0. The number of hydrogen-bond acceptors (Lipinski definition) is 2. The number of rotatable bonds is 3. The van der Waals surface area contributed by atoms with Gasteiger partial charge >= 0.3 is 29.6 Å². The topological polar surface area (TPSA) is 40.1 Å². The van der Waals surface area contributed by atoms with E-state index in [0.717, 1.165) is 12.8 Å². The van der Waals surface area contributed by atoms with Crippen LogP contribution < -0.4 is 29.6 Å². The molecule has 3 atom stereocenters. The van der Waals surface area contributed by atoms with Crippen LogP contribution in [-0.4, -0.2) is 14.0 Å². The monoisotopic (exact) mass is 168 g/mol. The van der Waals surface area contributed by atoms with Crippen LogP contribution in [0, 0.1) is 5.92 Å². The Kier molecular flexibility index (Phi) is 5.07. The molecule has 2 nitrogen and oxygen atoms in total. The van der Waals surface area contributed by atoms with Gasteiger partial charge in [0.05, 0.1) is 0 Å². The van der Waals surface area contributed by atoms with E-state index in [4.69, 9.17) is 0 Å². The minimum Gasteiger partial charge on any atom is -0.772 e. The number of allylic oxidation sites excluding steroid dienone is 1. The first-order valence-electron chi connectivity index (χ1n) is 2.94. The van der Waals surface area contributed by atoms with Crippen molar-refractivity contribution in [2.24, 2.45) is 5.92 Å². The zero-order valence-corrected chi connectivity index (χ0v) is 8.89. The largest absolute Gasteiger partial charge is 1.00 e. The standard InChI is InChI=1S/C6H10O2S.Na/c1-2-3-5-4-6(5)9(7)8;/h2,5-6H,1,3-4H2,(H,7,8);/q;+1/p-1. The Morgan fingerprint density at radius 2 is 2.40 bits per heavy atom. The summed E-state index contributed by atoms with van der Waals surface area (Å²) in [6.07, 6.45) is 3.46. The Morgan fingerprint density at radius 3 is 2.70 bits per heavy atom. The van der Waals surface area contributed by atoms with Crippen molar-refractivity contribution in [3.63, 3.8) is 0 Å². The molecule has 1 aliphatic carbocycles. The van der Waals surface area contributed by atoms with Crippen LogP contribution in [0.2, 0.25) is 0 Å². The maximum atomic E-state index is 10.2. The fraction of sp³-hybridized carbons (Fsp3) is 0.667. The van der Waals surface area contributed by atoms with E-state index in [1.54, 1.807) is 6.08 Å². The predicted octanol–water partition coefficient (Wildman–Crippen LogP) is -2.17. The zero-order valence-electron chi connectivity index (χ0n) is 6.08. The molecule has 0 heterocycles. The van der Waals surface area contributed by atoms with Crippen LogP contribution in [0.15, 0.2) is 12.7 Å². The SMILES string of the molecule is C=CCC1CC1S(=O)[O-].[Na+]. The van der Waals surface area contributed by atoms with Gasteiger partial charge in [-0.2, -0.15) is 0 Å². The summed E-state index contributed by atoms with van der Waals surface area (Å²) in [5, 5.41) is -0.0667. The molecule has 52 valence electrons. The van der Waals surface area contributed by atoms with Crippen LogP contribution in [0.5, 0.6) is 0 Å². The molecular weight excluding hydrogens is 159 g/mol. The minimum atomic E-state index is -1.84. The summed E-state index contributed by atoms with van der Waals surface area (Å²) in [5.41, 5.74) is 0. The van der Waals surface area contributed by atoms with Crippen LogP contribution in [-0.2, 0) is 11.1 Å². The molecule has 4 heteroatoms. The molecule has 10 heavy (non-hydrogen) atoms. The summed E-state index contributed by atoms with van der Waals surface area (Å²) in [6.45, 7) is 3.53. The molecule has 0 aromatic heterocycles. The zero-order chi connectivity index (χ0) is 6.85. The first-order valence-corrected chi connectivity index (χ1v) is 4.08. The number of hydrogen-bond donors (Lipinski definition) is 0. The van der Waals surface area contributed by atoms with Gasteiger partial charge in [0.1, 0.15) is 0 Å². The van der Waals surface area contributed by atoms with Crippen LogP contribution in [0.3, 0.4) is 0 Å². The normalized spacial score (nSPS) is 32.1. The van der Waals surface area contributed by atoms with E-state index in [2.05, 4.69) is 6.58 Å². The second-order valence-electron chi connectivity index (χ2n) is 2.32. The first kappa shape index (κ1) is 10.8. The molecule has 0 N–H and O–H groups in total. The van der Waals surface area contributed by atoms with Crippen molar-refractivity contribution >= 4 is 11.1 Å². The molecular formula is C6H9NaO2S. The molecule has 0 amide bonds. The molecule has 1 rings (SSSR count). The molecule has 0 aromatic carbocycles. The van der Waals surface area contributed by atoms with Gasteiger partial charge in [0.2, 0.25) is 0 Å². The second kappa shape index (κ2) is 4.67. The summed E-state index contributed by atoms with van der Waals surface area (Å²) < 4.78 is 20.4. The Bertz CT molecular complexity index is 149. The second-order valence-corrected chi connectivity index (χ2v) is 3.45. The van der Waals surface area contributed by atoms with Gasteiger partial charge in [-0.1, -0.05) is 17.2 Å². The molecule has 0 bridgehead atoms. The van der Waals surface area contributed by atoms with Crippen LogP contribution in [0.25, 0.3) is 0 Å². The molecule has 0 radical (unpaired) electrons. The Labute approximate surface area is 85.7 Å². The third kappa shape index (κ3) is 2.84. The van der Waals surface area contributed by atoms with Crippen molar-refractivity contribution in [3.05, 3.63) is 12.7 Å². The quantitative estimate of drug-likeness (QED) is 0.273. The third-order valence-electron chi connectivity index (χ3n) is 1.57. The van der Waals surface area contributed by atoms with Gasteiger partial charge in [0, 0.05) is 5.25 Å². The van der Waals surface area contributed by atoms with Crippen molar-refractivity contribution in [2.45, 2.75) is 18.1 Å². The molecule has 1 fully saturated rings. The molecule has 0 aromatic rings. The van der Waals surface area contributed by atoms with Crippen LogP contribution in [0.1, 0.15) is 12.8 Å². The van der Waals surface area contributed by atoms with Gasteiger partial charge in [0.15, 0.2) is 0 Å². The van der Waals surface area contributed by atoms with E-state index in [9.17, 15) is 8.76 Å². The Hall–Kier alpha value is 0.850. The molecule has 0 spiro atoms. The predicted molar refractivity (Wildman–Crippen MR) is 35.6 cm³/mol. The van der Waals surface area contributed by atoms with Gasteiger partial charge in [0.25, 0.3) is 0 Å². The van der Waals surface area contributed by atoms with Gasteiger partial charge in [-0.25, -0.2) is 0 Å². The van der Waals surface area contributed by atoms with Crippen molar-refractivity contribution in [1.29, 1.82) is 0 Å². The maximum Gasteiger partial charge on any atom is 1.00 e. The molecule has 3 unspecified atom stereocenters. The fourth-order valence-electron chi connectivity index (χ4n) is 0.918. The van der Waals surface area contributed by atoms with E-state index in [1.165, 1.54) is 0 Å². The third-order valence-corrected chi connectivity index (χ3v) is 2.65. The van der Waals surface area contributed by atoms with Gasteiger partial charge in [-0.3, -0.25) is 4.21 Å². The minimum absolute atomic E-state index is 0. The van der Waals surface area contributed by atoms with E-state index < -0.39 is 11.1 Å². The van der Waals surface area contributed by atoms with Crippen LogP contribution >= 0.6 is 0 Å². The van der Waals surface area contributed by atoms with Crippen molar-refractivity contribution in [1.82, 2.24) is 0 Å². The van der Waals surface area contributed by atoms with Gasteiger partial charge < -0.3 is 4.55 Å². The van der Waals surface area contributed by atoms with Crippen molar-refractivity contribution in [3.8, 4) is 0 Å². The van der Waals surface area contributed by atoms with E-state index >= 15 is 0 Å². The maximum absolute atomic E-state index is 10.2. The fourth-order valence-corrected chi connectivity index (χ4v) is 1.75. The Balaban J connectivity index is 0.000000810. The Morgan fingerprint density at radius 1 is 1.80 bits per heavy atom. The van der Waals surface area contributed by atoms with Crippen molar-refractivity contribution < 1.29 is 38.3 Å².